The maximum Gasteiger partial charge on any atom is 0.203 e. The smallest absolute Gasteiger partial charge is 0.203 e. The van der Waals surface area contributed by atoms with Crippen LogP contribution in [-0.2, 0) is 0 Å². The Bertz CT molecular complexity index is 1310. The monoisotopic (exact) mass is 485 g/mol. The van der Waals surface area contributed by atoms with Crippen LogP contribution in [0.2, 0.25) is 0 Å². The summed E-state index contributed by atoms with van der Waals surface area (Å²) < 4.78 is 16.3. The predicted molar refractivity (Wildman–Crippen MR) is 141 cm³/mol. The maximum absolute atomic E-state index is 9.73. The molecule has 2 aromatic carbocycles. The van der Waals surface area contributed by atoms with E-state index in [4.69, 9.17) is 14.2 Å². The molecule has 1 aromatic heterocycles. The number of pyridine rings is 1. The Kier molecular flexibility index (Phi) is 8.12. The summed E-state index contributed by atoms with van der Waals surface area (Å²) in [5, 5.41) is 13.9. The van der Waals surface area contributed by atoms with Crippen LogP contribution in [0, 0.1) is 23.2 Å². The summed E-state index contributed by atoms with van der Waals surface area (Å²) in [5.74, 6) is 8.10. The summed E-state index contributed by atoms with van der Waals surface area (Å²) >= 11 is 0. The zero-order chi connectivity index (χ0) is 25.5. The highest BCUT2D eigenvalue weighted by Crippen LogP contribution is 2.41. The topological polar surface area (TPSA) is 82.9 Å². The number of anilines is 2. The number of hydrogen-bond acceptors (Lipinski definition) is 8. The number of likely N-dealkylation sites (N-methyl/N-ethyl adjacent to an activating group) is 1. The predicted octanol–water partition coefficient (Wildman–Crippen LogP) is 3.86. The Morgan fingerprint density at radius 3 is 2.36 bits per heavy atom. The van der Waals surface area contributed by atoms with Crippen molar-refractivity contribution in [3.8, 4) is 35.2 Å². The van der Waals surface area contributed by atoms with Gasteiger partial charge in [0.2, 0.25) is 5.75 Å². The van der Waals surface area contributed by atoms with E-state index in [9.17, 15) is 5.26 Å². The molecule has 2 heterocycles. The summed E-state index contributed by atoms with van der Waals surface area (Å²) in [6.45, 7) is 5.41. The minimum Gasteiger partial charge on any atom is -0.493 e. The van der Waals surface area contributed by atoms with Gasteiger partial charge in [-0.3, -0.25) is 9.88 Å². The van der Waals surface area contributed by atoms with Crippen LogP contribution < -0.4 is 19.5 Å². The van der Waals surface area contributed by atoms with Crippen molar-refractivity contribution < 1.29 is 14.2 Å². The zero-order valence-corrected chi connectivity index (χ0v) is 21.2. The van der Waals surface area contributed by atoms with Crippen molar-refractivity contribution in [2.75, 3.05) is 66.4 Å². The van der Waals surface area contributed by atoms with E-state index < -0.39 is 0 Å². The molecule has 0 aliphatic carbocycles. The number of nitrogens with zero attached hydrogens (tertiary/aromatic N) is 4. The van der Waals surface area contributed by atoms with Crippen LogP contribution in [0.15, 0.2) is 36.5 Å². The number of rotatable bonds is 7. The molecule has 0 unspecified atom stereocenters. The minimum absolute atomic E-state index is 0.433. The molecule has 1 saturated heterocycles. The molecule has 4 rings (SSSR count). The third kappa shape index (κ3) is 5.63. The lowest BCUT2D eigenvalue weighted by Crippen LogP contribution is -2.44. The number of piperazine rings is 1. The Morgan fingerprint density at radius 1 is 1.00 bits per heavy atom. The van der Waals surface area contributed by atoms with Crippen LogP contribution >= 0.6 is 0 Å². The molecule has 8 heteroatoms. The van der Waals surface area contributed by atoms with Crippen molar-refractivity contribution in [2.24, 2.45) is 0 Å². The van der Waals surface area contributed by atoms with Gasteiger partial charge in [0, 0.05) is 74.1 Å². The van der Waals surface area contributed by atoms with E-state index in [0.29, 0.717) is 34.2 Å². The number of aromatic nitrogens is 1. The third-order valence-corrected chi connectivity index (χ3v) is 6.31. The molecule has 1 fully saturated rings. The van der Waals surface area contributed by atoms with Crippen LogP contribution in [0.25, 0.3) is 10.9 Å². The molecule has 3 aromatic rings. The number of fused-ring (bicyclic) bond motifs is 1. The average Bonchev–Trinajstić information content (AvgIpc) is 2.91. The van der Waals surface area contributed by atoms with Gasteiger partial charge in [-0.1, -0.05) is 11.8 Å². The highest BCUT2D eigenvalue weighted by Gasteiger charge is 2.16. The SMILES string of the molecule is COc1cc(Nc2c(C#N)cnc3cc(C#CCCN4CCN(C)CC4)ccc23)cc(OC)c1OC. The Balaban J connectivity index is 1.57. The van der Waals surface area contributed by atoms with Crippen LogP contribution in [0.5, 0.6) is 17.2 Å². The summed E-state index contributed by atoms with van der Waals surface area (Å²) in [6, 6.07) is 11.7. The van der Waals surface area contributed by atoms with E-state index in [1.54, 1.807) is 39.7 Å². The van der Waals surface area contributed by atoms with Gasteiger partial charge in [0.1, 0.15) is 6.07 Å². The molecule has 0 atom stereocenters. The second kappa shape index (κ2) is 11.6. The molecule has 186 valence electrons. The van der Waals surface area contributed by atoms with Crippen molar-refractivity contribution in [1.29, 1.82) is 5.26 Å². The molecule has 1 N–H and O–H groups in total. The van der Waals surface area contributed by atoms with Gasteiger partial charge in [-0.05, 0) is 25.2 Å². The first-order valence-electron chi connectivity index (χ1n) is 11.9. The van der Waals surface area contributed by atoms with Crippen molar-refractivity contribution in [3.05, 3.63) is 47.7 Å². The molecule has 0 bridgehead atoms. The zero-order valence-electron chi connectivity index (χ0n) is 21.2. The Morgan fingerprint density at radius 2 is 1.72 bits per heavy atom. The number of hydrogen-bond donors (Lipinski definition) is 1. The van der Waals surface area contributed by atoms with Crippen molar-refractivity contribution in [2.45, 2.75) is 6.42 Å². The molecule has 1 aliphatic heterocycles. The number of nitriles is 1. The summed E-state index contributed by atoms with van der Waals surface area (Å²) in [5.41, 5.74) is 3.45. The van der Waals surface area contributed by atoms with E-state index in [1.807, 2.05) is 18.2 Å². The maximum atomic E-state index is 9.73. The molecule has 1 aliphatic rings. The fourth-order valence-corrected chi connectivity index (χ4v) is 4.24. The standard InChI is InChI=1S/C28H31N5O3/c1-32-11-13-33(14-12-32)10-6-5-7-20-8-9-23-24(15-20)30-19-21(18-29)27(23)31-22-16-25(34-2)28(36-4)26(17-22)35-3/h8-9,15-17,19H,6,10-14H2,1-4H3,(H,30,31). The highest BCUT2D eigenvalue weighted by atomic mass is 16.5. The quantitative estimate of drug-likeness (QED) is 0.505. The van der Waals surface area contributed by atoms with Gasteiger partial charge >= 0.3 is 0 Å². The number of benzene rings is 2. The van der Waals surface area contributed by atoms with Crippen LogP contribution in [0.1, 0.15) is 17.5 Å². The van der Waals surface area contributed by atoms with Gasteiger partial charge in [-0.2, -0.15) is 5.26 Å². The molecular weight excluding hydrogens is 454 g/mol. The number of nitrogens with one attached hydrogen (secondary N) is 1. The lowest BCUT2D eigenvalue weighted by atomic mass is 10.1. The van der Waals surface area contributed by atoms with Gasteiger partial charge in [-0.15, -0.1) is 0 Å². The first-order valence-corrected chi connectivity index (χ1v) is 11.9. The van der Waals surface area contributed by atoms with Crippen LogP contribution in [0.3, 0.4) is 0 Å². The van der Waals surface area contributed by atoms with E-state index in [-0.39, 0.29) is 0 Å². The van der Waals surface area contributed by atoms with Gasteiger partial charge in [-0.25, -0.2) is 0 Å². The molecule has 8 nitrogen and oxygen atoms in total. The number of ether oxygens (including phenoxy) is 3. The van der Waals surface area contributed by atoms with E-state index >= 15 is 0 Å². The van der Waals surface area contributed by atoms with Crippen molar-refractivity contribution in [3.63, 3.8) is 0 Å². The van der Waals surface area contributed by atoms with Gasteiger partial charge < -0.3 is 24.4 Å². The van der Waals surface area contributed by atoms with Crippen LogP contribution in [0.4, 0.5) is 11.4 Å². The average molecular weight is 486 g/mol. The number of methoxy groups -OCH3 is 3. The van der Waals surface area contributed by atoms with E-state index in [1.165, 1.54) is 0 Å². The first kappa shape index (κ1) is 25.1. The fraction of sp³-hybridized carbons (Fsp3) is 0.357. The lowest BCUT2D eigenvalue weighted by molar-refractivity contribution is 0.157. The molecule has 0 saturated carbocycles. The summed E-state index contributed by atoms with van der Waals surface area (Å²) in [6.07, 6.45) is 2.41. The van der Waals surface area contributed by atoms with Gasteiger partial charge in [0.15, 0.2) is 11.5 Å². The summed E-state index contributed by atoms with van der Waals surface area (Å²) in [7, 11) is 6.86. The Hall–Kier alpha value is -3.98. The first-order chi connectivity index (χ1) is 17.6. The van der Waals surface area contributed by atoms with Crippen molar-refractivity contribution in [1.82, 2.24) is 14.8 Å². The molecule has 36 heavy (non-hydrogen) atoms. The van der Waals surface area contributed by atoms with Crippen LogP contribution in [-0.4, -0.2) is 75.9 Å². The molecule has 0 spiro atoms. The molecule has 0 radical (unpaired) electrons. The van der Waals surface area contributed by atoms with Gasteiger partial charge in [0.25, 0.3) is 0 Å². The third-order valence-electron chi connectivity index (χ3n) is 6.31. The second-order valence-corrected chi connectivity index (χ2v) is 8.63. The van der Waals surface area contributed by atoms with Gasteiger partial charge in [0.05, 0.1) is 38.1 Å². The molecular formula is C28H31N5O3. The Labute approximate surface area is 212 Å². The lowest BCUT2D eigenvalue weighted by Gasteiger charge is -2.31. The summed E-state index contributed by atoms with van der Waals surface area (Å²) in [4.78, 5) is 9.32. The normalized spacial score (nSPS) is 14.0. The van der Waals surface area contributed by atoms with E-state index in [0.717, 1.165) is 55.6 Å². The van der Waals surface area contributed by atoms with Crippen molar-refractivity contribution >= 4 is 22.3 Å². The minimum atomic E-state index is 0.433. The van der Waals surface area contributed by atoms with E-state index in [2.05, 4.69) is 45.1 Å². The molecule has 0 amide bonds. The second-order valence-electron chi connectivity index (χ2n) is 8.63. The highest BCUT2D eigenvalue weighted by molar-refractivity contribution is 5.96. The fourth-order valence-electron chi connectivity index (χ4n) is 4.24. The largest absolute Gasteiger partial charge is 0.493 e.